The van der Waals surface area contributed by atoms with Gasteiger partial charge in [-0.1, -0.05) is 88.2 Å². The van der Waals surface area contributed by atoms with Gasteiger partial charge in [-0.2, -0.15) is 0 Å². The highest BCUT2D eigenvalue weighted by Crippen LogP contribution is 2.32. The van der Waals surface area contributed by atoms with E-state index in [4.69, 9.17) is 0 Å². The van der Waals surface area contributed by atoms with Crippen molar-refractivity contribution in [3.63, 3.8) is 0 Å². The van der Waals surface area contributed by atoms with Crippen LogP contribution in [-0.4, -0.2) is 38.4 Å². The Hall–Kier alpha value is -4.05. The summed E-state index contributed by atoms with van der Waals surface area (Å²) in [6.45, 7) is 6.47. The first kappa shape index (κ1) is 32.3. The lowest BCUT2D eigenvalue weighted by Crippen LogP contribution is -2.47. The number of hydrogen-bond acceptors (Lipinski definition) is 5. The number of hydrogen-bond donors (Lipinski definition) is 1. The molecule has 3 aromatic carbocycles. The maximum atomic E-state index is 14.1. The summed E-state index contributed by atoms with van der Waals surface area (Å²) in [4.78, 5) is 29.4. The molecule has 0 spiro atoms. The highest BCUT2D eigenvalue weighted by molar-refractivity contribution is 7.99. The molecule has 1 atom stereocenters. The first-order valence-corrected chi connectivity index (χ1v) is 16.3. The number of halogens is 2. The lowest BCUT2D eigenvalue weighted by Gasteiger charge is -2.33. The van der Waals surface area contributed by atoms with Crippen LogP contribution in [0.5, 0.6) is 0 Å². The molecule has 1 fully saturated rings. The molecule has 1 heterocycles. The summed E-state index contributed by atoms with van der Waals surface area (Å²) in [6, 6.07) is 18.1. The number of nitrogens with one attached hydrogen (secondary N) is 1. The van der Waals surface area contributed by atoms with E-state index < -0.39 is 17.7 Å². The molecule has 45 heavy (non-hydrogen) atoms. The Morgan fingerprint density at radius 3 is 2.11 bits per heavy atom. The minimum atomic E-state index is -1.09. The van der Waals surface area contributed by atoms with Crippen molar-refractivity contribution in [1.29, 1.82) is 0 Å². The molecule has 0 bridgehead atoms. The van der Waals surface area contributed by atoms with Gasteiger partial charge in [0.2, 0.25) is 11.8 Å². The van der Waals surface area contributed by atoms with Crippen LogP contribution in [0.3, 0.4) is 0 Å². The van der Waals surface area contributed by atoms with Crippen molar-refractivity contribution in [2.45, 2.75) is 75.5 Å². The van der Waals surface area contributed by atoms with Crippen molar-refractivity contribution in [2.24, 2.45) is 7.05 Å². The Bertz CT molecular complexity index is 1610. The van der Waals surface area contributed by atoms with Gasteiger partial charge in [0.25, 0.3) is 0 Å². The van der Waals surface area contributed by atoms with Crippen LogP contribution in [-0.2, 0) is 22.1 Å². The Kier molecular flexibility index (Phi) is 10.0. The van der Waals surface area contributed by atoms with Gasteiger partial charge in [-0.25, -0.2) is 8.78 Å². The van der Waals surface area contributed by atoms with Gasteiger partial charge in [-0.05, 0) is 65.8 Å². The van der Waals surface area contributed by atoms with Crippen molar-refractivity contribution >= 4 is 29.3 Å². The number of carbonyl (C=O) groups excluding carboxylic acids is 2. The number of rotatable bonds is 9. The topological polar surface area (TPSA) is 80.1 Å². The highest BCUT2D eigenvalue weighted by atomic mass is 32.2. The molecule has 10 heteroatoms. The molecule has 1 aliphatic carbocycles. The summed E-state index contributed by atoms with van der Waals surface area (Å²) in [5.74, 6) is -1.08. The van der Waals surface area contributed by atoms with Crippen LogP contribution in [0.2, 0.25) is 0 Å². The summed E-state index contributed by atoms with van der Waals surface area (Å²) in [5.41, 5.74) is 2.94. The lowest BCUT2D eigenvalue weighted by atomic mass is 9.87. The molecule has 0 saturated heterocycles. The number of carbonyl (C=O) groups is 2. The minimum absolute atomic E-state index is 0.0109. The third kappa shape index (κ3) is 7.79. The molecule has 1 aliphatic rings. The van der Waals surface area contributed by atoms with Crippen LogP contribution in [0.25, 0.3) is 11.4 Å². The number of amides is 2. The zero-order valence-corrected chi connectivity index (χ0v) is 26.9. The molecule has 0 unspecified atom stereocenters. The zero-order chi connectivity index (χ0) is 32.1. The van der Waals surface area contributed by atoms with Crippen LogP contribution < -0.4 is 10.2 Å². The molecule has 0 aliphatic heterocycles. The molecule has 1 aromatic heterocycles. The maximum Gasteiger partial charge on any atom is 0.248 e. The van der Waals surface area contributed by atoms with Crippen LogP contribution >= 0.6 is 11.8 Å². The summed E-state index contributed by atoms with van der Waals surface area (Å²) < 4.78 is 29.8. The van der Waals surface area contributed by atoms with E-state index in [0.717, 1.165) is 37.7 Å². The molecular weight excluding hydrogens is 592 g/mol. The second-order valence-corrected chi connectivity index (χ2v) is 13.5. The highest BCUT2D eigenvalue weighted by Gasteiger charge is 2.34. The third-order valence-electron chi connectivity index (χ3n) is 8.19. The van der Waals surface area contributed by atoms with Crippen molar-refractivity contribution < 1.29 is 18.4 Å². The third-order valence-corrected chi connectivity index (χ3v) is 9.19. The SMILES string of the molecule is Cn1c(SCC(=O)N(c2ccc(F)cc2)[C@@H](C(=O)NC2CCCCC2)c2ccc(F)cc2)nnc1-c1ccc(C(C)(C)C)cc1. The fraction of sp³-hybridized carbons (Fsp3) is 0.371. The molecule has 1 saturated carbocycles. The number of benzene rings is 3. The van der Waals surface area contributed by atoms with Crippen LogP contribution in [0, 0.1) is 11.6 Å². The van der Waals surface area contributed by atoms with Crippen LogP contribution in [0.15, 0.2) is 78.0 Å². The Labute approximate surface area is 267 Å². The summed E-state index contributed by atoms with van der Waals surface area (Å²) in [6.07, 6.45) is 4.87. The fourth-order valence-electron chi connectivity index (χ4n) is 5.64. The van der Waals surface area contributed by atoms with Crippen molar-refractivity contribution in [3.05, 3.63) is 95.6 Å². The second-order valence-electron chi connectivity index (χ2n) is 12.5. The largest absolute Gasteiger partial charge is 0.351 e. The van der Waals surface area contributed by atoms with E-state index >= 15 is 0 Å². The summed E-state index contributed by atoms with van der Waals surface area (Å²) in [5, 5.41) is 12.4. The average Bonchev–Trinajstić information content (AvgIpc) is 3.39. The molecule has 236 valence electrons. The maximum absolute atomic E-state index is 14.1. The summed E-state index contributed by atoms with van der Waals surface area (Å²) >= 11 is 1.20. The predicted molar refractivity (Wildman–Crippen MR) is 174 cm³/mol. The van der Waals surface area contributed by atoms with Crippen molar-refractivity contribution in [3.8, 4) is 11.4 Å². The van der Waals surface area contributed by atoms with E-state index in [0.29, 0.717) is 22.2 Å². The first-order valence-electron chi connectivity index (χ1n) is 15.3. The second kappa shape index (κ2) is 13.9. The van der Waals surface area contributed by atoms with Gasteiger partial charge in [0, 0.05) is 24.3 Å². The normalized spacial score (nSPS) is 14.6. The molecular formula is C35H39F2N5O2S. The Morgan fingerprint density at radius 1 is 0.911 bits per heavy atom. The fourth-order valence-corrected chi connectivity index (χ4v) is 6.41. The Balaban J connectivity index is 1.43. The Morgan fingerprint density at radius 2 is 1.51 bits per heavy atom. The zero-order valence-electron chi connectivity index (χ0n) is 26.1. The standard InChI is InChI=1S/C35H39F2N5O2S/c1-35(2,3)25-14-10-24(11-15-25)32-39-40-34(41(32)4)45-22-30(43)42(29-20-18-27(37)19-21-29)31(23-12-16-26(36)17-13-23)33(44)38-28-8-6-5-7-9-28/h10-21,28,31H,5-9,22H2,1-4H3,(H,38,44)/t31-/m1/s1. The first-order chi connectivity index (χ1) is 21.5. The van der Waals surface area contributed by atoms with Crippen LogP contribution in [0.1, 0.15) is 70.0 Å². The van der Waals surface area contributed by atoms with Gasteiger partial charge in [0.05, 0.1) is 5.75 Å². The minimum Gasteiger partial charge on any atom is -0.351 e. The van der Waals surface area contributed by atoms with Crippen LogP contribution in [0.4, 0.5) is 14.5 Å². The number of thioether (sulfide) groups is 1. The smallest absolute Gasteiger partial charge is 0.248 e. The predicted octanol–water partition coefficient (Wildman–Crippen LogP) is 7.37. The van der Waals surface area contributed by atoms with Gasteiger partial charge < -0.3 is 9.88 Å². The molecule has 5 rings (SSSR count). The van der Waals surface area contributed by atoms with E-state index in [1.807, 2.05) is 23.7 Å². The molecule has 4 aromatic rings. The number of anilines is 1. The van der Waals surface area contributed by atoms with Gasteiger partial charge in [0.15, 0.2) is 11.0 Å². The molecule has 7 nitrogen and oxygen atoms in total. The van der Waals surface area contributed by atoms with E-state index in [1.165, 1.54) is 70.8 Å². The number of nitrogens with zero attached hydrogens (tertiary/aromatic N) is 4. The van der Waals surface area contributed by atoms with Crippen molar-refractivity contribution in [2.75, 3.05) is 10.7 Å². The van der Waals surface area contributed by atoms with E-state index in [2.05, 4.69) is 48.4 Å². The van der Waals surface area contributed by atoms with Crippen molar-refractivity contribution in [1.82, 2.24) is 20.1 Å². The summed E-state index contributed by atoms with van der Waals surface area (Å²) in [7, 11) is 1.84. The van der Waals surface area contributed by atoms with E-state index in [1.54, 1.807) is 0 Å². The lowest BCUT2D eigenvalue weighted by molar-refractivity contribution is -0.126. The molecule has 0 radical (unpaired) electrons. The van der Waals surface area contributed by atoms with Gasteiger partial charge in [0.1, 0.15) is 17.7 Å². The average molecular weight is 632 g/mol. The quantitative estimate of drug-likeness (QED) is 0.195. The van der Waals surface area contributed by atoms with E-state index in [9.17, 15) is 18.4 Å². The van der Waals surface area contributed by atoms with Gasteiger partial charge in [-0.15, -0.1) is 10.2 Å². The number of aromatic nitrogens is 3. The monoisotopic (exact) mass is 631 g/mol. The molecule has 1 N–H and O–H groups in total. The van der Waals surface area contributed by atoms with Gasteiger partial charge in [-0.3, -0.25) is 14.5 Å². The van der Waals surface area contributed by atoms with Gasteiger partial charge >= 0.3 is 0 Å². The van der Waals surface area contributed by atoms with E-state index in [-0.39, 0.29) is 29.0 Å². The molecule has 2 amide bonds.